The molecule has 0 spiro atoms. The van der Waals surface area contributed by atoms with Gasteiger partial charge in [-0.1, -0.05) is 12.1 Å². The second-order valence-corrected chi connectivity index (χ2v) is 5.32. The molecule has 1 aromatic rings. The highest BCUT2D eigenvalue weighted by Crippen LogP contribution is 2.19. The summed E-state index contributed by atoms with van der Waals surface area (Å²) >= 11 is 0. The van der Waals surface area contributed by atoms with E-state index >= 15 is 0 Å². The zero-order valence-electron chi connectivity index (χ0n) is 14.4. The van der Waals surface area contributed by atoms with Crippen LogP contribution in [-0.2, 0) is 14.3 Å². The summed E-state index contributed by atoms with van der Waals surface area (Å²) in [5.74, 6) is -1.93. The van der Waals surface area contributed by atoms with Crippen molar-refractivity contribution in [3.05, 3.63) is 35.4 Å². The molecular formula is C18H24N2O3. The van der Waals surface area contributed by atoms with Crippen molar-refractivity contribution in [2.45, 2.75) is 13.8 Å². The number of hydrogen-bond donors (Lipinski definition) is 0. The van der Waals surface area contributed by atoms with Crippen LogP contribution in [0.15, 0.2) is 29.3 Å². The number of rotatable bonds is 7. The summed E-state index contributed by atoms with van der Waals surface area (Å²) in [5, 5.41) is 0. The smallest absolute Gasteiger partial charge is 0.322 e. The molecule has 1 rings (SSSR count). The highest BCUT2D eigenvalue weighted by atomic mass is 16.5. The number of ketones is 1. The monoisotopic (exact) mass is 316 g/mol. The topological polar surface area (TPSA) is 59.0 Å². The Kier molecular flexibility index (Phi) is 7.19. The van der Waals surface area contributed by atoms with Crippen LogP contribution in [0.4, 0.5) is 5.69 Å². The molecule has 1 aromatic carbocycles. The summed E-state index contributed by atoms with van der Waals surface area (Å²) in [6.07, 6.45) is 4.44. The first kappa shape index (κ1) is 18.6. The van der Waals surface area contributed by atoms with Crippen LogP contribution in [-0.4, -0.2) is 45.7 Å². The van der Waals surface area contributed by atoms with E-state index in [9.17, 15) is 9.59 Å². The predicted molar refractivity (Wildman–Crippen MR) is 94.1 cm³/mol. The number of carbonyl (C=O) groups is 2. The molecule has 0 aliphatic heterocycles. The highest BCUT2D eigenvalue weighted by molar-refractivity contribution is 6.17. The molecule has 0 aromatic heterocycles. The van der Waals surface area contributed by atoms with Crippen LogP contribution in [0, 0.1) is 12.8 Å². The van der Waals surface area contributed by atoms with Crippen LogP contribution in [0.5, 0.6) is 0 Å². The van der Waals surface area contributed by atoms with Gasteiger partial charge in [-0.15, -0.1) is 0 Å². The van der Waals surface area contributed by atoms with Crippen molar-refractivity contribution in [1.29, 1.82) is 0 Å². The molecule has 0 aliphatic carbocycles. The van der Waals surface area contributed by atoms with E-state index in [-0.39, 0.29) is 5.78 Å². The molecule has 23 heavy (non-hydrogen) atoms. The van der Waals surface area contributed by atoms with E-state index in [1.54, 1.807) is 6.08 Å². The standard InChI is InChI=1S/C18H24N2O3/c1-6-19-12-15(18(22)23-5)17(21)10-8-14-7-9-16(20(3)4)13(2)11-14/h7-12,15H,6H2,1-5H3. The zero-order chi connectivity index (χ0) is 17.4. The van der Waals surface area contributed by atoms with Crippen molar-refractivity contribution in [2.75, 3.05) is 32.6 Å². The summed E-state index contributed by atoms with van der Waals surface area (Å²) in [6.45, 7) is 4.36. The number of nitrogens with zero attached hydrogens (tertiary/aromatic N) is 2. The van der Waals surface area contributed by atoms with Gasteiger partial charge in [0.15, 0.2) is 11.7 Å². The Balaban J connectivity index is 2.93. The van der Waals surface area contributed by atoms with Crippen molar-refractivity contribution < 1.29 is 14.3 Å². The third kappa shape index (κ3) is 5.36. The lowest BCUT2D eigenvalue weighted by Crippen LogP contribution is -2.25. The molecule has 0 heterocycles. The van der Waals surface area contributed by atoms with Gasteiger partial charge in [0, 0.05) is 32.5 Å². The minimum atomic E-state index is -0.988. The van der Waals surface area contributed by atoms with E-state index in [4.69, 9.17) is 0 Å². The normalized spacial score (nSPS) is 12.6. The van der Waals surface area contributed by atoms with E-state index in [1.165, 1.54) is 19.4 Å². The molecule has 0 fully saturated rings. The molecule has 5 nitrogen and oxygen atoms in total. The molecular weight excluding hydrogens is 292 g/mol. The number of methoxy groups -OCH3 is 1. The molecule has 0 saturated carbocycles. The Labute approximate surface area is 137 Å². The molecule has 0 radical (unpaired) electrons. The average molecular weight is 316 g/mol. The first-order chi connectivity index (χ1) is 10.9. The number of allylic oxidation sites excluding steroid dienone is 1. The van der Waals surface area contributed by atoms with E-state index in [1.807, 2.05) is 51.0 Å². The zero-order valence-corrected chi connectivity index (χ0v) is 14.4. The van der Waals surface area contributed by atoms with Crippen LogP contribution in [0.25, 0.3) is 6.08 Å². The fourth-order valence-electron chi connectivity index (χ4n) is 2.15. The lowest BCUT2D eigenvalue weighted by molar-refractivity contribution is -0.145. The van der Waals surface area contributed by atoms with Gasteiger partial charge < -0.3 is 9.64 Å². The summed E-state index contributed by atoms with van der Waals surface area (Å²) in [5.41, 5.74) is 3.13. The van der Waals surface area contributed by atoms with E-state index in [0.29, 0.717) is 6.54 Å². The van der Waals surface area contributed by atoms with Crippen LogP contribution in [0.1, 0.15) is 18.1 Å². The third-order valence-corrected chi connectivity index (χ3v) is 3.34. The lowest BCUT2D eigenvalue weighted by atomic mass is 10.0. The molecule has 0 amide bonds. The van der Waals surface area contributed by atoms with Crippen LogP contribution in [0.3, 0.4) is 0 Å². The summed E-state index contributed by atoms with van der Waals surface area (Å²) < 4.78 is 4.65. The average Bonchev–Trinajstić information content (AvgIpc) is 2.52. The van der Waals surface area contributed by atoms with Gasteiger partial charge in [0.05, 0.1) is 7.11 Å². The summed E-state index contributed by atoms with van der Waals surface area (Å²) in [7, 11) is 5.22. The van der Waals surface area contributed by atoms with Gasteiger partial charge in [-0.05, 0) is 43.2 Å². The number of esters is 1. The molecule has 5 heteroatoms. The third-order valence-electron chi connectivity index (χ3n) is 3.34. The Hall–Kier alpha value is -2.43. The second-order valence-electron chi connectivity index (χ2n) is 5.32. The quantitative estimate of drug-likeness (QED) is 0.336. The maximum atomic E-state index is 12.2. The van der Waals surface area contributed by atoms with Gasteiger partial charge in [0.25, 0.3) is 0 Å². The number of anilines is 1. The lowest BCUT2D eigenvalue weighted by Gasteiger charge is -2.15. The van der Waals surface area contributed by atoms with Gasteiger partial charge in [0.1, 0.15) is 0 Å². The summed E-state index contributed by atoms with van der Waals surface area (Å²) in [6, 6.07) is 5.92. The SMILES string of the molecule is CCN=CC(C(=O)C=Cc1ccc(N(C)C)c(C)c1)C(=O)OC. The molecule has 0 aliphatic rings. The minimum Gasteiger partial charge on any atom is -0.468 e. The molecule has 0 N–H and O–H groups in total. The first-order valence-electron chi connectivity index (χ1n) is 7.48. The Morgan fingerprint density at radius 2 is 2.04 bits per heavy atom. The number of benzene rings is 1. The van der Waals surface area contributed by atoms with Crippen LogP contribution < -0.4 is 4.90 Å². The summed E-state index contributed by atoms with van der Waals surface area (Å²) in [4.78, 5) is 29.9. The molecule has 0 saturated heterocycles. The van der Waals surface area contributed by atoms with Crippen molar-refractivity contribution in [1.82, 2.24) is 0 Å². The number of ether oxygens (including phenoxy) is 1. The molecule has 124 valence electrons. The number of aliphatic imine (C=N–C) groups is 1. The predicted octanol–water partition coefficient (Wildman–Crippen LogP) is 2.52. The van der Waals surface area contributed by atoms with Gasteiger partial charge in [-0.3, -0.25) is 14.6 Å². The maximum Gasteiger partial charge on any atom is 0.322 e. The minimum absolute atomic E-state index is 0.344. The van der Waals surface area contributed by atoms with Crippen molar-refractivity contribution in [3.63, 3.8) is 0 Å². The molecule has 1 atom stereocenters. The van der Waals surface area contributed by atoms with Gasteiger partial charge in [0.2, 0.25) is 0 Å². The number of carbonyl (C=O) groups excluding carboxylic acids is 2. The Morgan fingerprint density at radius 1 is 1.35 bits per heavy atom. The Morgan fingerprint density at radius 3 is 2.57 bits per heavy atom. The van der Waals surface area contributed by atoms with Crippen LogP contribution >= 0.6 is 0 Å². The van der Waals surface area contributed by atoms with Crippen LogP contribution in [0.2, 0.25) is 0 Å². The molecule has 1 unspecified atom stereocenters. The number of hydrogen-bond acceptors (Lipinski definition) is 5. The maximum absolute atomic E-state index is 12.2. The fourth-order valence-corrected chi connectivity index (χ4v) is 2.15. The largest absolute Gasteiger partial charge is 0.468 e. The van der Waals surface area contributed by atoms with Crippen molar-refractivity contribution in [3.8, 4) is 0 Å². The number of aryl methyl sites for hydroxylation is 1. The van der Waals surface area contributed by atoms with Gasteiger partial charge in [-0.2, -0.15) is 0 Å². The molecule has 0 bridgehead atoms. The second kappa shape index (κ2) is 8.88. The van der Waals surface area contributed by atoms with E-state index in [2.05, 4.69) is 9.73 Å². The highest BCUT2D eigenvalue weighted by Gasteiger charge is 2.23. The van der Waals surface area contributed by atoms with Gasteiger partial charge >= 0.3 is 5.97 Å². The fraction of sp³-hybridized carbons (Fsp3) is 0.389. The van der Waals surface area contributed by atoms with Crippen molar-refractivity contribution in [2.24, 2.45) is 10.9 Å². The van der Waals surface area contributed by atoms with E-state index < -0.39 is 11.9 Å². The first-order valence-corrected chi connectivity index (χ1v) is 7.48. The van der Waals surface area contributed by atoms with E-state index in [0.717, 1.165) is 16.8 Å². The van der Waals surface area contributed by atoms with Crippen molar-refractivity contribution >= 4 is 29.7 Å². The van der Waals surface area contributed by atoms with Gasteiger partial charge in [-0.25, -0.2) is 0 Å². The Bertz CT molecular complexity index is 619.